The number of carbonyl (C=O) groups excluding carboxylic acids is 1. The maximum atomic E-state index is 12.2. The van der Waals surface area contributed by atoms with Crippen molar-refractivity contribution in [3.8, 4) is 0 Å². The Kier molecular flexibility index (Phi) is 4.83. The highest BCUT2D eigenvalue weighted by Gasteiger charge is 2.33. The topological polar surface area (TPSA) is 41.1 Å². The number of benzene rings is 1. The number of nitrogens with one attached hydrogen (secondary N) is 2. The van der Waals surface area contributed by atoms with Crippen LogP contribution >= 0.6 is 11.6 Å². The maximum Gasteiger partial charge on any atom is 0.240 e. The van der Waals surface area contributed by atoms with E-state index in [1.807, 2.05) is 31.2 Å². The SMILES string of the molecule is CC1(C(=O)NCCc2ccc(Cl)cc2)CCCCN1. The Bertz CT molecular complexity index is 424. The van der Waals surface area contributed by atoms with E-state index in [0.29, 0.717) is 6.54 Å². The van der Waals surface area contributed by atoms with Gasteiger partial charge in [0.25, 0.3) is 0 Å². The van der Waals surface area contributed by atoms with Crippen LogP contribution in [-0.4, -0.2) is 24.5 Å². The molecule has 2 rings (SSSR count). The van der Waals surface area contributed by atoms with Gasteiger partial charge in [-0.15, -0.1) is 0 Å². The highest BCUT2D eigenvalue weighted by Crippen LogP contribution is 2.18. The Morgan fingerprint density at radius 3 is 2.74 bits per heavy atom. The normalized spacial score (nSPS) is 23.1. The average molecular weight is 281 g/mol. The lowest BCUT2D eigenvalue weighted by Crippen LogP contribution is -2.57. The third kappa shape index (κ3) is 3.95. The number of hydrogen-bond acceptors (Lipinski definition) is 2. The predicted molar refractivity (Wildman–Crippen MR) is 78.4 cm³/mol. The summed E-state index contributed by atoms with van der Waals surface area (Å²) in [5, 5.41) is 7.09. The summed E-state index contributed by atoms with van der Waals surface area (Å²) in [7, 11) is 0. The first-order chi connectivity index (χ1) is 9.10. The molecular formula is C15H21ClN2O. The molecule has 0 saturated carbocycles. The zero-order chi connectivity index (χ0) is 13.7. The van der Waals surface area contributed by atoms with Gasteiger partial charge in [-0.1, -0.05) is 23.7 Å². The fraction of sp³-hybridized carbons (Fsp3) is 0.533. The first kappa shape index (κ1) is 14.4. The largest absolute Gasteiger partial charge is 0.354 e. The molecule has 19 heavy (non-hydrogen) atoms. The van der Waals surface area contributed by atoms with Crippen LogP contribution in [0.1, 0.15) is 31.7 Å². The minimum absolute atomic E-state index is 0.112. The van der Waals surface area contributed by atoms with E-state index in [-0.39, 0.29) is 5.91 Å². The van der Waals surface area contributed by atoms with Crippen LogP contribution in [0, 0.1) is 0 Å². The van der Waals surface area contributed by atoms with E-state index < -0.39 is 5.54 Å². The smallest absolute Gasteiger partial charge is 0.240 e. The van der Waals surface area contributed by atoms with E-state index in [2.05, 4.69) is 10.6 Å². The number of hydrogen-bond donors (Lipinski definition) is 2. The number of piperidine rings is 1. The van der Waals surface area contributed by atoms with E-state index in [1.165, 1.54) is 5.56 Å². The van der Waals surface area contributed by atoms with E-state index in [4.69, 9.17) is 11.6 Å². The van der Waals surface area contributed by atoms with Crippen molar-refractivity contribution in [3.05, 3.63) is 34.9 Å². The summed E-state index contributed by atoms with van der Waals surface area (Å²) in [5.74, 6) is 0.112. The lowest BCUT2D eigenvalue weighted by Gasteiger charge is -2.33. The first-order valence-corrected chi connectivity index (χ1v) is 7.26. The van der Waals surface area contributed by atoms with Crippen LogP contribution in [0.15, 0.2) is 24.3 Å². The Morgan fingerprint density at radius 1 is 1.37 bits per heavy atom. The van der Waals surface area contributed by atoms with Gasteiger partial charge in [0.05, 0.1) is 5.54 Å². The molecule has 1 atom stereocenters. The molecule has 1 saturated heterocycles. The second kappa shape index (κ2) is 6.40. The van der Waals surface area contributed by atoms with Gasteiger partial charge in [-0.05, 0) is 56.8 Å². The van der Waals surface area contributed by atoms with Gasteiger partial charge in [-0.2, -0.15) is 0 Å². The van der Waals surface area contributed by atoms with Crippen LogP contribution in [0.25, 0.3) is 0 Å². The summed E-state index contributed by atoms with van der Waals surface area (Å²) in [4.78, 5) is 12.2. The molecule has 1 amide bonds. The highest BCUT2D eigenvalue weighted by molar-refractivity contribution is 6.30. The van der Waals surface area contributed by atoms with E-state index in [9.17, 15) is 4.79 Å². The number of amides is 1. The molecule has 4 heteroatoms. The molecule has 1 aliphatic heterocycles. The van der Waals surface area contributed by atoms with Crippen LogP contribution in [0.4, 0.5) is 0 Å². The zero-order valence-electron chi connectivity index (χ0n) is 11.3. The summed E-state index contributed by atoms with van der Waals surface area (Å²) in [6, 6.07) is 7.75. The molecule has 0 aliphatic carbocycles. The first-order valence-electron chi connectivity index (χ1n) is 6.88. The van der Waals surface area contributed by atoms with Crippen molar-refractivity contribution >= 4 is 17.5 Å². The van der Waals surface area contributed by atoms with Gasteiger partial charge in [0.15, 0.2) is 0 Å². The van der Waals surface area contributed by atoms with E-state index in [0.717, 1.165) is 37.3 Å². The van der Waals surface area contributed by atoms with Crippen molar-refractivity contribution in [3.63, 3.8) is 0 Å². The quantitative estimate of drug-likeness (QED) is 0.890. The molecule has 3 nitrogen and oxygen atoms in total. The van der Waals surface area contributed by atoms with Gasteiger partial charge in [-0.25, -0.2) is 0 Å². The van der Waals surface area contributed by atoms with Gasteiger partial charge in [-0.3, -0.25) is 4.79 Å². The molecule has 104 valence electrons. The zero-order valence-corrected chi connectivity index (χ0v) is 12.1. The monoisotopic (exact) mass is 280 g/mol. The molecular weight excluding hydrogens is 260 g/mol. The molecule has 0 bridgehead atoms. The van der Waals surface area contributed by atoms with Crippen molar-refractivity contribution in [1.29, 1.82) is 0 Å². The number of rotatable bonds is 4. The molecule has 0 aromatic heterocycles. The Balaban J connectivity index is 1.78. The van der Waals surface area contributed by atoms with Gasteiger partial charge < -0.3 is 10.6 Å². The summed E-state index contributed by atoms with van der Waals surface area (Å²) in [5.41, 5.74) is 0.796. The lowest BCUT2D eigenvalue weighted by molar-refractivity contribution is -0.127. The van der Waals surface area contributed by atoms with Gasteiger partial charge in [0.1, 0.15) is 0 Å². The molecule has 1 aromatic rings. The summed E-state index contributed by atoms with van der Waals surface area (Å²) in [6.45, 7) is 3.59. The molecule has 0 spiro atoms. The third-order valence-corrected chi connectivity index (χ3v) is 3.98. The van der Waals surface area contributed by atoms with Crippen LogP contribution < -0.4 is 10.6 Å². The molecule has 1 aliphatic rings. The summed E-state index contributed by atoms with van der Waals surface area (Å²) >= 11 is 5.84. The minimum Gasteiger partial charge on any atom is -0.354 e. The fourth-order valence-electron chi connectivity index (χ4n) is 2.42. The molecule has 0 radical (unpaired) electrons. The third-order valence-electron chi connectivity index (χ3n) is 3.73. The van der Waals surface area contributed by atoms with Gasteiger partial charge in [0, 0.05) is 11.6 Å². The highest BCUT2D eigenvalue weighted by atomic mass is 35.5. The van der Waals surface area contributed by atoms with Crippen LogP contribution in [-0.2, 0) is 11.2 Å². The summed E-state index contributed by atoms with van der Waals surface area (Å²) < 4.78 is 0. The lowest BCUT2D eigenvalue weighted by atomic mass is 9.90. The maximum absolute atomic E-state index is 12.2. The number of carbonyl (C=O) groups is 1. The minimum atomic E-state index is -0.391. The molecule has 1 fully saturated rings. The Hall–Kier alpha value is -1.06. The van der Waals surface area contributed by atoms with E-state index in [1.54, 1.807) is 0 Å². The van der Waals surface area contributed by atoms with Crippen molar-refractivity contribution in [2.75, 3.05) is 13.1 Å². The molecule has 1 unspecified atom stereocenters. The standard InChI is InChI=1S/C15H21ClN2O/c1-15(9-2-3-10-18-15)14(19)17-11-8-12-4-6-13(16)7-5-12/h4-7,18H,2-3,8-11H2,1H3,(H,17,19). The number of halogens is 1. The van der Waals surface area contributed by atoms with Crippen LogP contribution in [0.2, 0.25) is 5.02 Å². The summed E-state index contributed by atoms with van der Waals surface area (Å²) in [6.07, 6.45) is 4.03. The van der Waals surface area contributed by atoms with Crippen molar-refractivity contribution in [2.45, 2.75) is 38.1 Å². The van der Waals surface area contributed by atoms with E-state index >= 15 is 0 Å². The Morgan fingerprint density at radius 2 is 2.11 bits per heavy atom. The van der Waals surface area contributed by atoms with Crippen molar-refractivity contribution in [1.82, 2.24) is 10.6 Å². The van der Waals surface area contributed by atoms with Crippen LogP contribution in [0.5, 0.6) is 0 Å². The molecule has 2 N–H and O–H groups in total. The van der Waals surface area contributed by atoms with Crippen molar-refractivity contribution in [2.24, 2.45) is 0 Å². The Labute approximate surface area is 119 Å². The van der Waals surface area contributed by atoms with Gasteiger partial charge >= 0.3 is 0 Å². The van der Waals surface area contributed by atoms with Crippen LogP contribution in [0.3, 0.4) is 0 Å². The van der Waals surface area contributed by atoms with Crippen molar-refractivity contribution < 1.29 is 4.79 Å². The second-order valence-corrected chi connectivity index (χ2v) is 5.78. The van der Waals surface area contributed by atoms with Gasteiger partial charge in [0.2, 0.25) is 5.91 Å². The fourth-order valence-corrected chi connectivity index (χ4v) is 2.54. The predicted octanol–water partition coefficient (Wildman–Crippen LogP) is 2.53. The molecule has 1 heterocycles. The second-order valence-electron chi connectivity index (χ2n) is 5.35. The average Bonchev–Trinajstić information content (AvgIpc) is 2.42. The molecule has 1 aromatic carbocycles.